The van der Waals surface area contributed by atoms with Gasteiger partial charge in [-0.25, -0.2) is 4.98 Å². The lowest BCUT2D eigenvalue weighted by Crippen LogP contribution is -2.12. The lowest BCUT2D eigenvalue weighted by atomic mass is 10.1. The second-order valence-electron chi connectivity index (χ2n) is 7.33. The molecule has 2 N–H and O–H groups in total. The average Bonchev–Trinajstić information content (AvgIpc) is 3.51. The molecule has 0 atom stereocenters. The maximum atomic E-state index is 12.6. The van der Waals surface area contributed by atoms with Crippen molar-refractivity contribution in [3.63, 3.8) is 0 Å². The molecule has 0 spiro atoms. The third-order valence-corrected chi connectivity index (χ3v) is 5.01. The van der Waals surface area contributed by atoms with Crippen LogP contribution in [0.2, 0.25) is 0 Å². The SMILES string of the molecule is Cn1cc(-c2cc(C(=O)Nc3cccc(CCc4nc5ccccc5[nH]4)c3)no2)cn1. The van der Waals surface area contributed by atoms with Gasteiger partial charge in [0.05, 0.1) is 22.8 Å². The summed E-state index contributed by atoms with van der Waals surface area (Å²) in [6.07, 6.45) is 5.05. The van der Waals surface area contributed by atoms with E-state index in [9.17, 15) is 4.79 Å². The summed E-state index contributed by atoms with van der Waals surface area (Å²) >= 11 is 0. The minimum absolute atomic E-state index is 0.214. The Kier molecular flexibility index (Phi) is 4.80. The summed E-state index contributed by atoms with van der Waals surface area (Å²) in [7, 11) is 1.81. The van der Waals surface area contributed by atoms with Crippen molar-refractivity contribution in [2.75, 3.05) is 5.32 Å². The summed E-state index contributed by atoms with van der Waals surface area (Å²) in [5.74, 6) is 1.12. The highest BCUT2D eigenvalue weighted by Crippen LogP contribution is 2.20. The number of amides is 1. The van der Waals surface area contributed by atoms with Crippen LogP contribution < -0.4 is 5.32 Å². The molecule has 0 bridgehead atoms. The fourth-order valence-corrected chi connectivity index (χ4v) is 3.45. The maximum absolute atomic E-state index is 12.6. The Bertz CT molecular complexity index is 1330. The molecular formula is C23H20N6O2. The fraction of sp³-hybridized carbons (Fsp3) is 0.130. The van der Waals surface area contributed by atoms with Crippen molar-refractivity contribution in [1.82, 2.24) is 24.9 Å². The highest BCUT2D eigenvalue weighted by atomic mass is 16.5. The number of aromatic nitrogens is 5. The third kappa shape index (κ3) is 4.09. The molecule has 2 aromatic carbocycles. The zero-order chi connectivity index (χ0) is 21.2. The molecule has 0 radical (unpaired) electrons. The van der Waals surface area contributed by atoms with Crippen molar-refractivity contribution in [1.29, 1.82) is 0 Å². The molecule has 0 saturated carbocycles. The second-order valence-corrected chi connectivity index (χ2v) is 7.33. The zero-order valence-corrected chi connectivity index (χ0v) is 16.9. The molecule has 0 aliphatic rings. The second kappa shape index (κ2) is 7.91. The van der Waals surface area contributed by atoms with Crippen molar-refractivity contribution >= 4 is 22.6 Å². The molecule has 31 heavy (non-hydrogen) atoms. The van der Waals surface area contributed by atoms with Gasteiger partial charge in [0.15, 0.2) is 11.5 Å². The van der Waals surface area contributed by atoms with Crippen molar-refractivity contribution in [3.05, 3.63) is 84.1 Å². The number of carbonyl (C=O) groups excluding carboxylic acids is 1. The number of H-pyrrole nitrogens is 1. The number of fused-ring (bicyclic) bond motifs is 1. The van der Waals surface area contributed by atoms with Gasteiger partial charge in [-0.05, 0) is 36.2 Å². The van der Waals surface area contributed by atoms with Gasteiger partial charge in [0.2, 0.25) is 0 Å². The van der Waals surface area contributed by atoms with Crippen LogP contribution in [0, 0.1) is 0 Å². The van der Waals surface area contributed by atoms with Gasteiger partial charge < -0.3 is 14.8 Å². The van der Waals surface area contributed by atoms with Crippen molar-refractivity contribution in [3.8, 4) is 11.3 Å². The van der Waals surface area contributed by atoms with Crippen LogP contribution in [0.5, 0.6) is 0 Å². The first kappa shape index (κ1) is 18.8. The minimum atomic E-state index is -0.326. The number of nitrogens with zero attached hydrogens (tertiary/aromatic N) is 4. The van der Waals surface area contributed by atoms with E-state index in [1.165, 1.54) is 0 Å². The third-order valence-electron chi connectivity index (χ3n) is 5.01. The highest BCUT2D eigenvalue weighted by molar-refractivity contribution is 6.03. The molecule has 5 aromatic rings. The highest BCUT2D eigenvalue weighted by Gasteiger charge is 2.15. The fourth-order valence-electron chi connectivity index (χ4n) is 3.45. The number of aryl methyl sites for hydroxylation is 3. The van der Waals surface area contributed by atoms with Crippen molar-refractivity contribution < 1.29 is 9.32 Å². The molecule has 154 valence electrons. The summed E-state index contributed by atoms with van der Waals surface area (Å²) in [6, 6.07) is 17.4. The maximum Gasteiger partial charge on any atom is 0.277 e. The molecule has 0 aliphatic carbocycles. The van der Waals surface area contributed by atoms with Gasteiger partial charge in [-0.15, -0.1) is 0 Å². The van der Waals surface area contributed by atoms with Crippen LogP contribution in [0.1, 0.15) is 21.9 Å². The van der Waals surface area contributed by atoms with E-state index in [4.69, 9.17) is 4.52 Å². The van der Waals surface area contributed by atoms with Crippen LogP contribution in [0.25, 0.3) is 22.4 Å². The van der Waals surface area contributed by atoms with E-state index in [0.29, 0.717) is 11.4 Å². The van der Waals surface area contributed by atoms with Gasteiger partial charge in [0.1, 0.15) is 5.82 Å². The number of imidazole rings is 1. The molecule has 0 unspecified atom stereocenters. The molecular weight excluding hydrogens is 392 g/mol. The molecule has 0 aliphatic heterocycles. The first-order valence-electron chi connectivity index (χ1n) is 9.94. The quantitative estimate of drug-likeness (QED) is 0.439. The Morgan fingerprint density at radius 1 is 1.13 bits per heavy atom. The van der Waals surface area contributed by atoms with Gasteiger partial charge in [0.25, 0.3) is 5.91 Å². The van der Waals surface area contributed by atoms with Gasteiger partial charge in [0, 0.05) is 31.4 Å². The van der Waals surface area contributed by atoms with Crippen LogP contribution in [-0.4, -0.2) is 30.8 Å². The summed E-state index contributed by atoms with van der Waals surface area (Å²) in [4.78, 5) is 20.5. The number of rotatable bonds is 6. The first-order chi connectivity index (χ1) is 15.1. The Morgan fingerprint density at radius 2 is 2.03 bits per heavy atom. The predicted octanol–water partition coefficient (Wildman–Crippen LogP) is 3.99. The zero-order valence-electron chi connectivity index (χ0n) is 16.9. The lowest BCUT2D eigenvalue weighted by molar-refractivity contribution is 0.101. The number of para-hydroxylation sites is 2. The molecule has 5 rings (SSSR count). The van der Waals surface area contributed by atoms with Crippen LogP contribution in [0.3, 0.4) is 0 Å². The normalized spacial score (nSPS) is 11.1. The van der Waals surface area contributed by atoms with Gasteiger partial charge in [-0.1, -0.05) is 29.4 Å². The largest absolute Gasteiger partial charge is 0.355 e. The Morgan fingerprint density at radius 3 is 2.87 bits per heavy atom. The molecule has 0 fully saturated rings. The molecule has 3 heterocycles. The summed E-state index contributed by atoms with van der Waals surface area (Å²) < 4.78 is 6.95. The average molecular weight is 412 g/mol. The van der Waals surface area contributed by atoms with E-state index in [2.05, 4.69) is 25.5 Å². The number of benzene rings is 2. The monoisotopic (exact) mass is 412 g/mol. The minimum Gasteiger partial charge on any atom is -0.355 e. The predicted molar refractivity (Wildman–Crippen MR) is 117 cm³/mol. The standard InChI is InChI=1S/C23H20N6O2/c1-29-14-16(13-24-29)21-12-20(28-31-21)23(30)25-17-6-4-5-15(11-17)9-10-22-26-18-7-2-3-8-19(18)27-22/h2-8,11-14H,9-10H2,1H3,(H,25,30)(H,26,27). The number of anilines is 1. The summed E-state index contributed by atoms with van der Waals surface area (Å²) in [5.41, 5.74) is 4.80. The van der Waals surface area contributed by atoms with E-state index < -0.39 is 0 Å². The number of hydrogen-bond donors (Lipinski definition) is 2. The van der Waals surface area contributed by atoms with Crippen LogP contribution in [0.4, 0.5) is 5.69 Å². The molecule has 8 heteroatoms. The molecule has 3 aromatic heterocycles. The summed E-state index contributed by atoms with van der Waals surface area (Å²) in [5, 5.41) is 10.9. The van der Waals surface area contributed by atoms with E-state index in [1.807, 2.05) is 55.6 Å². The van der Waals surface area contributed by atoms with E-state index in [1.54, 1.807) is 23.1 Å². The van der Waals surface area contributed by atoms with Crippen molar-refractivity contribution in [2.24, 2.45) is 7.05 Å². The van der Waals surface area contributed by atoms with E-state index in [-0.39, 0.29) is 11.6 Å². The topological polar surface area (TPSA) is 102 Å². The van der Waals surface area contributed by atoms with Crippen LogP contribution >= 0.6 is 0 Å². The van der Waals surface area contributed by atoms with Gasteiger partial charge in [-0.2, -0.15) is 5.10 Å². The van der Waals surface area contributed by atoms with Crippen LogP contribution in [-0.2, 0) is 19.9 Å². The van der Waals surface area contributed by atoms with E-state index >= 15 is 0 Å². The van der Waals surface area contributed by atoms with E-state index in [0.717, 1.165) is 40.8 Å². The molecule has 1 amide bonds. The van der Waals surface area contributed by atoms with Crippen molar-refractivity contribution in [2.45, 2.75) is 12.8 Å². The Labute approximate surface area is 177 Å². The Balaban J connectivity index is 1.24. The smallest absolute Gasteiger partial charge is 0.277 e. The number of carbonyl (C=O) groups is 1. The number of nitrogens with one attached hydrogen (secondary N) is 2. The number of aromatic amines is 1. The summed E-state index contributed by atoms with van der Waals surface area (Å²) in [6.45, 7) is 0. The first-order valence-corrected chi connectivity index (χ1v) is 9.94. The van der Waals surface area contributed by atoms with Crippen LogP contribution in [0.15, 0.2) is 71.5 Å². The molecule has 8 nitrogen and oxygen atoms in total. The Hall–Kier alpha value is -4.20. The number of hydrogen-bond acceptors (Lipinski definition) is 5. The lowest BCUT2D eigenvalue weighted by Gasteiger charge is -2.06. The van der Waals surface area contributed by atoms with Gasteiger partial charge in [-0.3, -0.25) is 9.48 Å². The van der Waals surface area contributed by atoms with Gasteiger partial charge >= 0.3 is 0 Å². The molecule has 0 saturated heterocycles.